The lowest BCUT2D eigenvalue weighted by Gasteiger charge is -2.15. The van der Waals surface area contributed by atoms with Crippen molar-refractivity contribution in [2.45, 2.75) is 32.4 Å². The molecule has 6 heteroatoms. The maximum absolute atomic E-state index is 10.6. The molecule has 102 valence electrons. The Hall–Kier alpha value is -1.24. The van der Waals surface area contributed by atoms with Gasteiger partial charge in [-0.3, -0.25) is 10.1 Å². The third-order valence-corrected chi connectivity index (χ3v) is 4.84. The Bertz CT molecular complexity index is 522. The SMILES string of the molecule is CCCC(NCc1ccc([N+](=O)[O-])s1)c1cccs1. The molecule has 2 aromatic rings. The fourth-order valence-corrected chi connectivity index (χ4v) is 3.51. The van der Waals surface area contributed by atoms with Crippen LogP contribution in [0.1, 0.15) is 35.6 Å². The molecule has 19 heavy (non-hydrogen) atoms. The molecule has 0 saturated heterocycles. The van der Waals surface area contributed by atoms with Crippen molar-refractivity contribution in [1.82, 2.24) is 5.32 Å². The maximum atomic E-state index is 10.6. The van der Waals surface area contributed by atoms with Crippen LogP contribution in [0.2, 0.25) is 0 Å². The highest BCUT2D eigenvalue weighted by Crippen LogP contribution is 2.27. The molecule has 4 nitrogen and oxygen atoms in total. The van der Waals surface area contributed by atoms with E-state index < -0.39 is 0 Å². The van der Waals surface area contributed by atoms with E-state index in [1.54, 1.807) is 17.4 Å². The zero-order valence-electron chi connectivity index (χ0n) is 10.7. The summed E-state index contributed by atoms with van der Waals surface area (Å²) in [5, 5.41) is 16.4. The second-order valence-corrected chi connectivity index (χ2v) is 6.36. The Kier molecular flexibility index (Phi) is 5.07. The van der Waals surface area contributed by atoms with Crippen LogP contribution in [0, 0.1) is 10.1 Å². The minimum atomic E-state index is -0.336. The van der Waals surface area contributed by atoms with E-state index in [1.807, 2.05) is 6.07 Å². The average Bonchev–Trinajstić information content (AvgIpc) is 3.05. The molecular formula is C13H16N2O2S2. The smallest absolute Gasteiger partial charge is 0.304 e. The minimum absolute atomic E-state index is 0.208. The first kappa shape index (κ1) is 14.2. The van der Waals surface area contributed by atoms with Gasteiger partial charge in [0.25, 0.3) is 0 Å². The fourth-order valence-electron chi connectivity index (χ4n) is 1.91. The lowest BCUT2D eigenvalue weighted by molar-refractivity contribution is -0.380. The molecule has 0 saturated carbocycles. The van der Waals surface area contributed by atoms with E-state index in [2.05, 4.69) is 29.8 Å². The first-order valence-corrected chi connectivity index (χ1v) is 7.90. The van der Waals surface area contributed by atoms with Crippen LogP contribution in [0.15, 0.2) is 29.6 Å². The van der Waals surface area contributed by atoms with Crippen molar-refractivity contribution in [2.75, 3.05) is 0 Å². The van der Waals surface area contributed by atoms with Crippen molar-refractivity contribution >= 4 is 27.7 Å². The third-order valence-electron chi connectivity index (χ3n) is 2.81. The van der Waals surface area contributed by atoms with E-state index in [1.165, 1.54) is 16.2 Å². The summed E-state index contributed by atoms with van der Waals surface area (Å²) >= 11 is 2.99. The molecule has 0 fully saturated rings. The average molecular weight is 296 g/mol. The molecule has 1 unspecified atom stereocenters. The van der Waals surface area contributed by atoms with E-state index in [-0.39, 0.29) is 9.92 Å². The third kappa shape index (κ3) is 3.86. The molecule has 0 amide bonds. The fraction of sp³-hybridized carbons (Fsp3) is 0.385. The molecule has 0 aliphatic carbocycles. The number of rotatable bonds is 7. The van der Waals surface area contributed by atoms with Gasteiger partial charge >= 0.3 is 5.00 Å². The number of nitrogens with zero attached hydrogens (tertiary/aromatic N) is 1. The van der Waals surface area contributed by atoms with Crippen LogP contribution in [0.25, 0.3) is 0 Å². The van der Waals surface area contributed by atoms with E-state index in [4.69, 9.17) is 0 Å². The number of nitrogens with one attached hydrogen (secondary N) is 1. The van der Waals surface area contributed by atoms with Crippen molar-refractivity contribution in [1.29, 1.82) is 0 Å². The largest absolute Gasteiger partial charge is 0.324 e. The van der Waals surface area contributed by atoms with E-state index >= 15 is 0 Å². The molecule has 0 aliphatic rings. The maximum Gasteiger partial charge on any atom is 0.324 e. The van der Waals surface area contributed by atoms with Gasteiger partial charge in [-0.15, -0.1) is 11.3 Å². The topological polar surface area (TPSA) is 55.2 Å². The van der Waals surface area contributed by atoms with Crippen LogP contribution >= 0.6 is 22.7 Å². The quantitative estimate of drug-likeness (QED) is 0.610. The molecule has 0 radical (unpaired) electrons. The summed E-state index contributed by atoms with van der Waals surface area (Å²) in [7, 11) is 0. The highest BCUT2D eigenvalue weighted by atomic mass is 32.1. The number of hydrogen-bond acceptors (Lipinski definition) is 5. The minimum Gasteiger partial charge on any atom is -0.304 e. The number of hydrogen-bond donors (Lipinski definition) is 1. The van der Waals surface area contributed by atoms with Crippen LogP contribution in [0.4, 0.5) is 5.00 Å². The van der Waals surface area contributed by atoms with Crippen molar-refractivity contribution in [2.24, 2.45) is 0 Å². The van der Waals surface area contributed by atoms with Crippen molar-refractivity contribution in [3.63, 3.8) is 0 Å². The van der Waals surface area contributed by atoms with Crippen molar-refractivity contribution in [3.05, 3.63) is 49.5 Å². The molecule has 0 spiro atoms. The summed E-state index contributed by atoms with van der Waals surface area (Å²) in [5.74, 6) is 0. The summed E-state index contributed by atoms with van der Waals surface area (Å²) in [4.78, 5) is 12.6. The lowest BCUT2D eigenvalue weighted by Crippen LogP contribution is -2.19. The summed E-state index contributed by atoms with van der Waals surface area (Å²) in [6.07, 6.45) is 2.19. The lowest BCUT2D eigenvalue weighted by atomic mass is 10.1. The molecular weight excluding hydrogens is 280 g/mol. The predicted octanol–water partition coefficient (Wildman–Crippen LogP) is 4.35. The number of thiophene rings is 2. The normalized spacial score (nSPS) is 12.5. The molecule has 0 bridgehead atoms. The Morgan fingerprint density at radius 2 is 2.26 bits per heavy atom. The molecule has 1 atom stereocenters. The molecule has 2 rings (SSSR count). The molecule has 0 aliphatic heterocycles. The predicted molar refractivity (Wildman–Crippen MR) is 79.8 cm³/mol. The van der Waals surface area contributed by atoms with Gasteiger partial charge in [0, 0.05) is 28.4 Å². The van der Waals surface area contributed by atoms with Gasteiger partial charge in [-0.2, -0.15) is 0 Å². The standard InChI is InChI=1S/C13H16N2O2S2/c1-2-4-11(12-5-3-8-18-12)14-9-10-6-7-13(19-10)15(16)17/h3,5-8,11,14H,2,4,9H2,1H3. The van der Waals surface area contributed by atoms with E-state index in [0.29, 0.717) is 12.6 Å². The zero-order valence-corrected chi connectivity index (χ0v) is 12.3. The van der Waals surface area contributed by atoms with Gasteiger partial charge in [0.05, 0.1) is 4.92 Å². The van der Waals surface area contributed by atoms with E-state index in [0.717, 1.165) is 17.7 Å². The Labute approximate surface area is 120 Å². The van der Waals surface area contributed by atoms with Gasteiger partial charge < -0.3 is 5.32 Å². The van der Waals surface area contributed by atoms with E-state index in [9.17, 15) is 10.1 Å². The Morgan fingerprint density at radius 1 is 1.42 bits per heavy atom. The first-order valence-electron chi connectivity index (χ1n) is 6.20. The molecule has 1 N–H and O–H groups in total. The van der Waals surface area contributed by atoms with Crippen LogP contribution in [0.5, 0.6) is 0 Å². The van der Waals surface area contributed by atoms with Gasteiger partial charge in [0.15, 0.2) is 0 Å². The van der Waals surface area contributed by atoms with Crippen molar-refractivity contribution in [3.8, 4) is 0 Å². The van der Waals surface area contributed by atoms with Crippen LogP contribution < -0.4 is 5.32 Å². The Balaban J connectivity index is 1.96. The van der Waals surface area contributed by atoms with Gasteiger partial charge in [-0.05, 0) is 23.9 Å². The second-order valence-electron chi connectivity index (χ2n) is 4.23. The highest BCUT2D eigenvalue weighted by molar-refractivity contribution is 7.15. The van der Waals surface area contributed by atoms with Gasteiger partial charge in [-0.25, -0.2) is 0 Å². The summed E-state index contributed by atoms with van der Waals surface area (Å²) in [5.41, 5.74) is 0. The summed E-state index contributed by atoms with van der Waals surface area (Å²) < 4.78 is 0. The molecule has 0 aromatic carbocycles. The summed E-state index contributed by atoms with van der Waals surface area (Å²) in [6, 6.07) is 7.93. The second kappa shape index (κ2) is 6.79. The van der Waals surface area contributed by atoms with Crippen LogP contribution in [0.3, 0.4) is 0 Å². The first-order chi connectivity index (χ1) is 9.20. The van der Waals surface area contributed by atoms with Crippen LogP contribution in [-0.2, 0) is 6.54 Å². The Morgan fingerprint density at radius 3 is 2.84 bits per heavy atom. The van der Waals surface area contributed by atoms with Gasteiger partial charge in [-0.1, -0.05) is 30.7 Å². The van der Waals surface area contributed by atoms with Gasteiger partial charge in [0.2, 0.25) is 0 Å². The highest BCUT2D eigenvalue weighted by Gasteiger charge is 2.13. The zero-order chi connectivity index (χ0) is 13.7. The van der Waals surface area contributed by atoms with Gasteiger partial charge in [0.1, 0.15) is 0 Å². The monoisotopic (exact) mass is 296 g/mol. The van der Waals surface area contributed by atoms with Crippen molar-refractivity contribution < 1.29 is 4.92 Å². The van der Waals surface area contributed by atoms with Crippen LogP contribution in [-0.4, -0.2) is 4.92 Å². The molecule has 2 aromatic heterocycles. The summed E-state index contributed by atoms with van der Waals surface area (Å²) in [6.45, 7) is 2.85. The number of nitro groups is 1. The molecule has 2 heterocycles.